The van der Waals surface area contributed by atoms with Gasteiger partial charge in [0, 0.05) is 20.5 Å². The third-order valence-corrected chi connectivity index (χ3v) is 8.61. The van der Waals surface area contributed by atoms with E-state index in [-0.39, 0.29) is 0 Å². The van der Waals surface area contributed by atoms with Crippen molar-refractivity contribution in [3.63, 3.8) is 0 Å². The number of pyridine rings is 1. The maximum atomic E-state index is 5.03. The van der Waals surface area contributed by atoms with Gasteiger partial charge in [-0.3, -0.25) is 4.40 Å². The fourth-order valence-electron chi connectivity index (χ4n) is 5.57. The zero-order valence-electron chi connectivity index (χ0n) is 20.5. The summed E-state index contributed by atoms with van der Waals surface area (Å²) in [5.74, 6) is 0. The van der Waals surface area contributed by atoms with Crippen LogP contribution in [0.1, 0.15) is 0 Å². The van der Waals surface area contributed by atoms with Crippen molar-refractivity contribution in [3.05, 3.63) is 133 Å². The number of para-hydroxylation sites is 3. The topological polar surface area (TPSA) is 17.3 Å². The number of hydrogen-bond acceptors (Lipinski definition) is 2. The normalized spacial score (nSPS) is 11.7. The summed E-state index contributed by atoms with van der Waals surface area (Å²) >= 11 is 1.84. The summed E-state index contributed by atoms with van der Waals surface area (Å²) in [6.45, 7) is 0. The highest BCUT2D eigenvalue weighted by molar-refractivity contribution is 7.18. The van der Waals surface area contributed by atoms with Gasteiger partial charge in [0.15, 0.2) is 0 Å². The van der Waals surface area contributed by atoms with Crippen LogP contribution in [0, 0.1) is 0 Å². The molecule has 2 nitrogen and oxygen atoms in total. The van der Waals surface area contributed by atoms with Crippen LogP contribution in [0.5, 0.6) is 0 Å². The van der Waals surface area contributed by atoms with E-state index in [0.717, 1.165) is 16.7 Å². The van der Waals surface area contributed by atoms with E-state index >= 15 is 0 Å². The van der Waals surface area contributed by atoms with Crippen molar-refractivity contribution in [1.29, 1.82) is 0 Å². The molecule has 0 amide bonds. The fourth-order valence-corrected chi connectivity index (χ4v) is 6.58. The summed E-state index contributed by atoms with van der Waals surface area (Å²) < 4.78 is 2.30. The zero-order valence-corrected chi connectivity index (χ0v) is 21.3. The number of imidazole rings is 1. The van der Waals surface area contributed by atoms with Crippen molar-refractivity contribution in [3.8, 4) is 32.0 Å². The first-order valence-corrected chi connectivity index (χ1v) is 13.6. The summed E-state index contributed by atoms with van der Waals surface area (Å²) in [5.41, 5.74) is 9.30. The predicted octanol–water partition coefficient (Wildman–Crippen LogP) is 9.86. The minimum atomic E-state index is 1.01. The number of rotatable bonds is 3. The van der Waals surface area contributed by atoms with Crippen LogP contribution in [0.2, 0.25) is 0 Å². The van der Waals surface area contributed by atoms with Gasteiger partial charge in [0.05, 0.1) is 16.6 Å². The molecule has 0 aliphatic heterocycles. The van der Waals surface area contributed by atoms with Crippen LogP contribution >= 0.6 is 11.3 Å². The molecule has 178 valence electrons. The van der Waals surface area contributed by atoms with Gasteiger partial charge >= 0.3 is 0 Å². The number of nitrogens with zero attached hydrogens (tertiary/aromatic N) is 2. The first kappa shape index (κ1) is 21.4. The molecule has 8 aromatic rings. The Morgan fingerprint density at radius 3 is 1.89 bits per heavy atom. The molecule has 0 spiro atoms. The summed E-state index contributed by atoms with van der Waals surface area (Å²) in [5, 5.41) is 3.65. The van der Waals surface area contributed by atoms with Crippen LogP contribution in [-0.2, 0) is 0 Å². The van der Waals surface area contributed by atoms with Gasteiger partial charge in [-0.05, 0) is 70.1 Å². The first-order valence-electron chi connectivity index (χ1n) is 12.8. The van der Waals surface area contributed by atoms with Gasteiger partial charge in [0.1, 0.15) is 5.65 Å². The molecule has 0 unspecified atom stereocenters. The molecule has 0 radical (unpaired) electrons. The third kappa shape index (κ3) is 3.29. The average molecular weight is 503 g/mol. The second-order valence-electron chi connectivity index (χ2n) is 9.64. The number of fused-ring (bicyclic) bond motifs is 8. The molecule has 3 heteroatoms. The Hall–Kier alpha value is -4.73. The molecule has 3 heterocycles. The van der Waals surface area contributed by atoms with Gasteiger partial charge in [-0.2, -0.15) is 0 Å². The standard InChI is InChI=1S/C35H22N2S/c1-2-8-24(9-3-1)33-20-21-34(38-33)25-16-14-23(15-17-25)26-18-19-28-29(22-26)27-10-4-6-12-31(27)37-32-13-7-5-11-30(32)36-35(28)37/h1-22H. The number of thiophene rings is 1. The van der Waals surface area contributed by atoms with E-state index in [1.807, 2.05) is 11.3 Å². The van der Waals surface area contributed by atoms with Crippen LogP contribution in [0.15, 0.2) is 133 Å². The molecule has 8 rings (SSSR count). The summed E-state index contributed by atoms with van der Waals surface area (Å²) in [6, 6.07) is 47.8. The van der Waals surface area contributed by atoms with E-state index in [9.17, 15) is 0 Å². The minimum Gasteiger partial charge on any atom is -0.292 e. The molecule has 3 aromatic heterocycles. The lowest BCUT2D eigenvalue weighted by Crippen LogP contribution is -1.91. The van der Waals surface area contributed by atoms with Crippen molar-refractivity contribution in [2.75, 3.05) is 0 Å². The van der Waals surface area contributed by atoms with E-state index in [4.69, 9.17) is 4.98 Å². The Labute approximate surface area is 224 Å². The number of aromatic nitrogens is 2. The summed E-state index contributed by atoms with van der Waals surface area (Å²) in [4.78, 5) is 7.61. The monoisotopic (exact) mass is 502 g/mol. The molecule has 0 fully saturated rings. The molecule has 0 bridgehead atoms. The molecule has 0 aliphatic rings. The molecule has 38 heavy (non-hydrogen) atoms. The first-order chi connectivity index (χ1) is 18.8. The van der Waals surface area contributed by atoms with Crippen LogP contribution in [-0.4, -0.2) is 9.38 Å². The third-order valence-electron chi connectivity index (χ3n) is 7.42. The number of hydrogen-bond donors (Lipinski definition) is 0. The molecule has 0 aliphatic carbocycles. The van der Waals surface area contributed by atoms with E-state index in [1.54, 1.807) is 0 Å². The Balaban J connectivity index is 1.24. The second kappa shape index (κ2) is 8.41. The van der Waals surface area contributed by atoms with Gasteiger partial charge in [-0.25, -0.2) is 4.98 Å². The van der Waals surface area contributed by atoms with Gasteiger partial charge < -0.3 is 0 Å². The Morgan fingerprint density at radius 2 is 1.08 bits per heavy atom. The molecule has 0 saturated heterocycles. The maximum absolute atomic E-state index is 5.03. The van der Waals surface area contributed by atoms with E-state index in [0.29, 0.717) is 0 Å². The van der Waals surface area contributed by atoms with Crippen molar-refractivity contribution >= 4 is 49.7 Å². The highest BCUT2D eigenvalue weighted by Crippen LogP contribution is 2.37. The molecule has 5 aromatic carbocycles. The lowest BCUT2D eigenvalue weighted by atomic mass is 9.98. The van der Waals surface area contributed by atoms with Crippen molar-refractivity contribution in [2.24, 2.45) is 0 Å². The highest BCUT2D eigenvalue weighted by Gasteiger charge is 2.14. The SMILES string of the molecule is c1ccc(-c2ccc(-c3ccc(-c4ccc5c(c4)c4ccccc4n4c6ccccc6nc54)cc3)s2)cc1. The fraction of sp³-hybridized carbons (Fsp3) is 0. The number of benzene rings is 5. The van der Waals surface area contributed by atoms with Crippen LogP contribution in [0.3, 0.4) is 0 Å². The smallest absolute Gasteiger partial charge is 0.146 e. The lowest BCUT2D eigenvalue weighted by molar-refractivity contribution is 1.31. The second-order valence-corrected chi connectivity index (χ2v) is 10.7. The van der Waals surface area contributed by atoms with Gasteiger partial charge in [-0.15, -0.1) is 11.3 Å². The van der Waals surface area contributed by atoms with E-state index in [1.165, 1.54) is 53.7 Å². The highest BCUT2D eigenvalue weighted by atomic mass is 32.1. The zero-order chi connectivity index (χ0) is 25.1. The van der Waals surface area contributed by atoms with Gasteiger partial charge in [-0.1, -0.05) is 91.0 Å². The van der Waals surface area contributed by atoms with Crippen LogP contribution in [0.25, 0.3) is 70.4 Å². The van der Waals surface area contributed by atoms with Crippen molar-refractivity contribution in [2.45, 2.75) is 0 Å². The molecule has 0 atom stereocenters. The van der Waals surface area contributed by atoms with Gasteiger partial charge in [0.2, 0.25) is 0 Å². The van der Waals surface area contributed by atoms with Crippen LogP contribution in [0.4, 0.5) is 0 Å². The van der Waals surface area contributed by atoms with E-state index < -0.39 is 0 Å². The molecule has 0 saturated carbocycles. The van der Waals surface area contributed by atoms with E-state index in [2.05, 4.69) is 138 Å². The lowest BCUT2D eigenvalue weighted by Gasteiger charge is -2.11. The largest absolute Gasteiger partial charge is 0.292 e. The van der Waals surface area contributed by atoms with Crippen molar-refractivity contribution < 1.29 is 0 Å². The maximum Gasteiger partial charge on any atom is 0.146 e. The Morgan fingerprint density at radius 1 is 0.447 bits per heavy atom. The average Bonchev–Trinajstić information content (AvgIpc) is 3.64. The molecular formula is C35H22N2S. The van der Waals surface area contributed by atoms with Crippen LogP contribution < -0.4 is 0 Å². The minimum absolute atomic E-state index is 1.01. The predicted molar refractivity (Wildman–Crippen MR) is 162 cm³/mol. The van der Waals surface area contributed by atoms with Gasteiger partial charge in [0.25, 0.3) is 0 Å². The molecule has 0 N–H and O–H groups in total. The Bertz CT molecular complexity index is 2120. The Kier molecular flexibility index (Phi) is 4.73. The molecular weight excluding hydrogens is 480 g/mol. The quantitative estimate of drug-likeness (QED) is 0.220. The summed E-state index contributed by atoms with van der Waals surface area (Å²) in [6.07, 6.45) is 0. The van der Waals surface area contributed by atoms with Crippen molar-refractivity contribution in [1.82, 2.24) is 9.38 Å². The summed E-state index contributed by atoms with van der Waals surface area (Å²) in [7, 11) is 0.